The van der Waals surface area contributed by atoms with Crippen LogP contribution < -0.4 is 10.6 Å². The van der Waals surface area contributed by atoms with Crippen LogP contribution in [0.25, 0.3) is 0 Å². The topological polar surface area (TPSA) is 71.1 Å². The van der Waals surface area contributed by atoms with Crippen LogP contribution in [0.2, 0.25) is 0 Å². The second-order valence-electron chi connectivity index (χ2n) is 6.79. The van der Waals surface area contributed by atoms with Crippen molar-refractivity contribution in [3.8, 4) is 0 Å². The van der Waals surface area contributed by atoms with Gasteiger partial charge in [-0.3, -0.25) is 9.59 Å². The van der Waals surface area contributed by atoms with Gasteiger partial charge in [0, 0.05) is 17.3 Å². The Morgan fingerprint density at radius 3 is 2.46 bits per heavy atom. The maximum atomic E-state index is 12.0. The molecule has 0 aliphatic heterocycles. The van der Waals surface area contributed by atoms with Gasteiger partial charge in [0.15, 0.2) is 5.13 Å². The molecule has 24 heavy (non-hydrogen) atoms. The van der Waals surface area contributed by atoms with Crippen molar-refractivity contribution in [2.24, 2.45) is 5.41 Å². The fraction of sp³-hybridized carbons (Fsp3) is 0.389. The number of nitrogens with zero attached hydrogens (tertiary/aromatic N) is 1. The molecule has 0 spiro atoms. The summed E-state index contributed by atoms with van der Waals surface area (Å²) in [5.74, 6) is -0.179. The fourth-order valence-electron chi connectivity index (χ4n) is 1.86. The molecule has 0 bridgehead atoms. The molecule has 0 radical (unpaired) electrons. The molecule has 0 saturated carbocycles. The summed E-state index contributed by atoms with van der Waals surface area (Å²) >= 11 is 1.33. The van der Waals surface area contributed by atoms with E-state index in [0.29, 0.717) is 17.4 Å². The van der Waals surface area contributed by atoms with Crippen molar-refractivity contribution in [2.75, 3.05) is 5.32 Å². The molecule has 0 saturated heterocycles. The highest BCUT2D eigenvalue weighted by molar-refractivity contribution is 7.13. The predicted molar refractivity (Wildman–Crippen MR) is 96.9 cm³/mol. The van der Waals surface area contributed by atoms with Crippen molar-refractivity contribution in [3.05, 3.63) is 46.5 Å². The lowest BCUT2D eigenvalue weighted by molar-refractivity contribution is -0.123. The molecule has 0 unspecified atom stereocenters. The molecular weight excluding hydrogens is 322 g/mol. The van der Waals surface area contributed by atoms with E-state index in [0.717, 1.165) is 5.56 Å². The Balaban J connectivity index is 1.84. The minimum Gasteiger partial charge on any atom is -0.352 e. The van der Waals surface area contributed by atoms with E-state index in [2.05, 4.69) is 15.6 Å². The number of aryl methyl sites for hydroxylation is 1. The second-order valence-corrected chi connectivity index (χ2v) is 7.65. The van der Waals surface area contributed by atoms with Crippen LogP contribution >= 0.6 is 11.3 Å². The summed E-state index contributed by atoms with van der Waals surface area (Å²) in [7, 11) is 0. The number of carbonyl (C=O) groups is 2. The summed E-state index contributed by atoms with van der Waals surface area (Å²) in [6.07, 6.45) is 0.202. The minimum atomic E-state index is -0.475. The summed E-state index contributed by atoms with van der Waals surface area (Å²) in [5, 5.41) is 7.97. The van der Waals surface area contributed by atoms with Crippen molar-refractivity contribution >= 4 is 28.3 Å². The van der Waals surface area contributed by atoms with Gasteiger partial charge in [-0.2, -0.15) is 0 Å². The molecule has 2 amide bonds. The Bertz CT molecular complexity index is 715. The number of thiazole rings is 1. The van der Waals surface area contributed by atoms with Crippen LogP contribution in [0.4, 0.5) is 5.13 Å². The molecule has 0 aliphatic rings. The number of carbonyl (C=O) groups excluding carboxylic acids is 2. The molecule has 0 atom stereocenters. The van der Waals surface area contributed by atoms with Crippen molar-refractivity contribution in [1.29, 1.82) is 0 Å². The summed E-state index contributed by atoms with van der Waals surface area (Å²) in [6.45, 7) is 8.05. The molecule has 128 valence electrons. The quantitative estimate of drug-likeness (QED) is 0.873. The number of nitrogens with one attached hydrogen (secondary N) is 2. The fourth-order valence-corrected chi connectivity index (χ4v) is 2.57. The molecule has 2 aromatic rings. The Hall–Kier alpha value is -2.21. The highest BCUT2D eigenvalue weighted by atomic mass is 32.1. The standard InChI is InChI=1S/C18H23N3O2S/c1-12-5-7-13(8-6-12)10-19-15(22)9-14-11-24-17(20-14)21-16(23)18(2,3)4/h5-8,11H,9-10H2,1-4H3,(H,19,22)(H,20,21,23). The van der Waals surface area contributed by atoms with E-state index in [-0.39, 0.29) is 18.2 Å². The summed E-state index contributed by atoms with van der Waals surface area (Å²) in [5.41, 5.74) is 2.44. The first-order valence-electron chi connectivity index (χ1n) is 7.82. The smallest absolute Gasteiger partial charge is 0.231 e. The maximum absolute atomic E-state index is 12.0. The maximum Gasteiger partial charge on any atom is 0.231 e. The van der Waals surface area contributed by atoms with Crippen LogP contribution in [0.5, 0.6) is 0 Å². The van der Waals surface area contributed by atoms with Gasteiger partial charge in [0.1, 0.15) is 0 Å². The molecule has 6 heteroatoms. The van der Waals surface area contributed by atoms with E-state index in [1.807, 2.05) is 52.0 Å². The lowest BCUT2D eigenvalue weighted by Gasteiger charge is -2.15. The first kappa shape index (κ1) is 18.1. The molecule has 0 fully saturated rings. The Labute approximate surface area is 146 Å². The third-order valence-electron chi connectivity index (χ3n) is 3.41. The van der Waals surface area contributed by atoms with Gasteiger partial charge in [-0.25, -0.2) is 4.98 Å². The van der Waals surface area contributed by atoms with Crippen LogP contribution in [0.15, 0.2) is 29.6 Å². The predicted octanol–water partition coefficient (Wildman–Crippen LogP) is 3.30. The number of aromatic nitrogens is 1. The second kappa shape index (κ2) is 7.57. The van der Waals surface area contributed by atoms with Gasteiger partial charge in [-0.05, 0) is 12.5 Å². The van der Waals surface area contributed by atoms with Gasteiger partial charge in [0.2, 0.25) is 11.8 Å². The van der Waals surface area contributed by atoms with Crippen molar-refractivity contribution in [1.82, 2.24) is 10.3 Å². The minimum absolute atomic E-state index is 0.0884. The van der Waals surface area contributed by atoms with Crippen LogP contribution in [0, 0.1) is 12.3 Å². The van der Waals surface area contributed by atoms with E-state index in [1.54, 1.807) is 5.38 Å². The number of amides is 2. The highest BCUT2D eigenvalue weighted by Gasteiger charge is 2.22. The van der Waals surface area contributed by atoms with Crippen LogP contribution in [-0.4, -0.2) is 16.8 Å². The van der Waals surface area contributed by atoms with Gasteiger partial charge in [0.25, 0.3) is 0 Å². The van der Waals surface area contributed by atoms with E-state index in [4.69, 9.17) is 0 Å². The van der Waals surface area contributed by atoms with E-state index < -0.39 is 5.41 Å². The monoisotopic (exact) mass is 345 g/mol. The zero-order chi connectivity index (χ0) is 17.7. The van der Waals surface area contributed by atoms with E-state index >= 15 is 0 Å². The molecule has 2 rings (SSSR count). The molecule has 2 N–H and O–H groups in total. The summed E-state index contributed by atoms with van der Waals surface area (Å²) in [4.78, 5) is 28.2. The van der Waals surface area contributed by atoms with Gasteiger partial charge in [0.05, 0.1) is 12.1 Å². The number of benzene rings is 1. The summed E-state index contributed by atoms with van der Waals surface area (Å²) < 4.78 is 0. The average molecular weight is 345 g/mol. The number of anilines is 1. The van der Waals surface area contributed by atoms with Gasteiger partial charge in [-0.1, -0.05) is 50.6 Å². The van der Waals surface area contributed by atoms with Gasteiger partial charge in [-0.15, -0.1) is 11.3 Å². The van der Waals surface area contributed by atoms with E-state index in [9.17, 15) is 9.59 Å². The van der Waals surface area contributed by atoms with Crippen LogP contribution in [0.3, 0.4) is 0 Å². The number of hydrogen-bond donors (Lipinski definition) is 2. The number of rotatable bonds is 5. The first-order chi connectivity index (χ1) is 11.2. The zero-order valence-corrected chi connectivity index (χ0v) is 15.3. The van der Waals surface area contributed by atoms with Crippen molar-refractivity contribution in [3.63, 3.8) is 0 Å². The molecular formula is C18H23N3O2S. The third-order valence-corrected chi connectivity index (χ3v) is 4.21. The molecule has 0 aliphatic carbocycles. The van der Waals surface area contributed by atoms with Gasteiger partial charge < -0.3 is 10.6 Å². The van der Waals surface area contributed by atoms with Crippen molar-refractivity contribution in [2.45, 2.75) is 40.7 Å². The number of hydrogen-bond acceptors (Lipinski definition) is 4. The van der Waals surface area contributed by atoms with Crippen LogP contribution in [0.1, 0.15) is 37.6 Å². The summed E-state index contributed by atoms with van der Waals surface area (Å²) in [6, 6.07) is 8.04. The SMILES string of the molecule is Cc1ccc(CNC(=O)Cc2csc(NC(=O)C(C)(C)C)n2)cc1. The van der Waals surface area contributed by atoms with Crippen molar-refractivity contribution < 1.29 is 9.59 Å². The molecule has 1 aromatic carbocycles. The van der Waals surface area contributed by atoms with Crippen LogP contribution in [-0.2, 0) is 22.6 Å². The average Bonchev–Trinajstić information content (AvgIpc) is 2.92. The Morgan fingerprint density at radius 1 is 1.17 bits per heavy atom. The molecule has 1 aromatic heterocycles. The first-order valence-corrected chi connectivity index (χ1v) is 8.70. The largest absolute Gasteiger partial charge is 0.352 e. The molecule has 5 nitrogen and oxygen atoms in total. The highest BCUT2D eigenvalue weighted by Crippen LogP contribution is 2.20. The zero-order valence-electron chi connectivity index (χ0n) is 14.5. The van der Waals surface area contributed by atoms with Gasteiger partial charge >= 0.3 is 0 Å². The Kier molecular flexibility index (Phi) is 5.72. The third kappa shape index (κ3) is 5.45. The van der Waals surface area contributed by atoms with E-state index in [1.165, 1.54) is 16.9 Å². The molecule has 1 heterocycles. The normalized spacial score (nSPS) is 11.2. The lowest BCUT2D eigenvalue weighted by atomic mass is 9.96. The Morgan fingerprint density at radius 2 is 1.83 bits per heavy atom. The lowest BCUT2D eigenvalue weighted by Crippen LogP contribution is -2.27.